The van der Waals surface area contributed by atoms with Crippen LogP contribution in [0, 0.1) is 11.3 Å². The van der Waals surface area contributed by atoms with E-state index in [-0.39, 0.29) is 5.56 Å². The maximum Gasteiger partial charge on any atom is 0.417 e. The zero-order chi connectivity index (χ0) is 45.9. The van der Waals surface area contributed by atoms with E-state index in [1.54, 1.807) is 18.2 Å². The van der Waals surface area contributed by atoms with E-state index in [1.807, 2.05) is 72.8 Å². The van der Waals surface area contributed by atoms with Gasteiger partial charge in [-0.2, -0.15) is 18.4 Å². The highest BCUT2D eigenvalue weighted by Crippen LogP contribution is 2.45. The van der Waals surface area contributed by atoms with Gasteiger partial charge >= 0.3 is 6.18 Å². The largest absolute Gasteiger partial charge is 0.417 e. The third-order valence-corrected chi connectivity index (χ3v) is 13.2. The summed E-state index contributed by atoms with van der Waals surface area (Å²) < 4.78 is 49.4. The zero-order valence-electron chi connectivity index (χ0n) is 36.4. The van der Waals surface area contributed by atoms with Gasteiger partial charge in [0.2, 0.25) is 0 Å². The highest BCUT2D eigenvalue weighted by molar-refractivity contribution is 6.14. The van der Waals surface area contributed by atoms with Crippen LogP contribution in [0.3, 0.4) is 0 Å². The van der Waals surface area contributed by atoms with Gasteiger partial charge in [-0.25, -0.2) is 0 Å². The van der Waals surface area contributed by atoms with Crippen LogP contribution in [0.1, 0.15) is 11.1 Å². The van der Waals surface area contributed by atoms with Gasteiger partial charge in [-0.05, 0) is 122 Å². The average molecular weight is 882 g/mol. The fraction of sp³-hybridized carbons (Fsp3) is 0.0161. The molecule has 68 heavy (non-hydrogen) atoms. The summed E-state index contributed by atoms with van der Waals surface area (Å²) in [5.41, 5.74) is 12.4. The Morgan fingerprint density at radius 1 is 0.324 bits per heavy atom. The van der Waals surface area contributed by atoms with Crippen molar-refractivity contribution in [3.63, 3.8) is 0 Å². The minimum absolute atomic E-state index is 0.0176. The number of hydrogen-bond acceptors (Lipinski definition) is 1. The van der Waals surface area contributed by atoms with Crippen molar-refractivity contribution in [1.29, 1.82) is 5.26 Å². The van der Waals surface area contributed by atoms with Gasteiger partial charge in [0.15, 0.2) is 0 Å². The topological polar surface area (TPSA) is 33.6 Å². The van der Waals surface area contributed by atoms with E-state index in [0.29, 0.717) is 22.5 Å². The Morgan fingerprint density at radius 3 is 0.941 bits per heavy atom. The minimum Gasteiger partial charge on any atom is -0.308 e. The number of rotatable bonds is 7. The van der Waals surface area contributed by atoms with E-state index in [4.69, 9.17) is 0 Å². The summed E-state index contributed by atoms with van der Waals surface area (Å²) in [7, 11) is 0. The molecule has 12 aromatic rings. The van der Waals surface area contributed by atoms with E-state index in [9.17, 15) is 5.26 Å². The first-order chi connectivity index (χ1) is 33.3. The summed E-state index contributed by atoms with van der Waals surface area (Å²) in [6, 6.07) is 77.8. The second kappa shape index (κ2) is 16.2. The molecule has 0 spiro atoms. The first-order valence-corrected chi connectivity index (χ1v) is 22.5. The molecule has 3 nitrogen and oxygen atoms in total. The molecule has 0 atom stereocenters. The molecule has 0 amide bonds. The van der Waals surface area contributed by atoms with Crippen LogP contribution in [0.5, 0.6) is 0 Å². The molecule has 0 saturated carbocycles. The molecule has 322 valence electrons. The van der Waals surface area contributed by atoms with Crippen LogP contribution < -0.4 is 0 Å². The highest BCUT2D eigenvalue weighted by atomic mass is 19.4. The Kier molecular flexibility index (Phi) is 9.67. The van der Waals surface area contributed by atoms with Crippen LogP contribution in [-0.4, -0.2) is 9.13 Å². The molecular formula is C62H38F3N3. The number of hydrogen-bond donors (Lipinski definition) is 0. The lowest BCUT2D eigenvalue weighted by Gasteiger charge is -2.20. The van der Waals surface area contributed by atoms with Crippen LogP contribution in [0.4, 0.5) is 13.2 Å². The number of aromatic nitrogens is 2. The van der Waals surface area contributed by atoms with Crippen molar-refractivity contribution in [1.82, 2.24) is 9.13 Å². The molecule has 0 bridgehead atoms. The lowest BCUT2D eigenvalue weighted by Crippen LogP contribution is -2.09. The first kappa shape index (κ1) is 40.6. The van der Waals surface area contributed by atoms with Crippen molar-refractivity contribution < 1.29 is 13.2 Å². The molecular weight excluding hydrogens is 844 g/mol. The van der Waals surface area contributed by atoms with Crippen LogP contribution in [0.25, 0.3) is 111 Å². The number of benzene rings is 10. The predicted molar refractivity (Wildman–Crippen MR) is 272 cm³/mol. The Morgan fingerprint density at radius 2 is 0.632 bits per heavy atom. The molecule has 0 radical (unpaired) electrons. The van der Waals surface area contributed by atoms with E-state index >= 15 is 13.2 Å². The summed E-state index contributed by atoms with van der Waals surface area (Å²) in [6.07, 6.45) is -4.64. The summed E-state index contributed by atoms with van der Waals surface area (Å²) in [6.45, 7) is 0. The first-order valence-electron chi connectivity index (χ1n) is 22.5. The molecule has 0 N–H and O–H groups in total. The molecule has 0 aliphatic heterocycles. The lowest BCUT2D eigenvalue weighted by atomic mass is 9.96. The Hall–Kier alpha value is -8.92. The van der Waals surface area contributed by atoms with Gasteiger partial charge in [0, 0.05) is 21.5 Å². The van der Waals surface area contributed by atoms with E-state index < -0.39 is 11.7 Å². The smallest absolute Gasteiger partial charge is 0.308 e. The lowest BCUT2D eigenvalue weighted by molar-refractivity contribution is -0.137. The van der Waals surface area contributed by atoms with E-state index in [0.717, 1.165) is 94.2 Å². The van der Waals surface area contributed by atoms with Crippen LogP contribution in [0.15, 0.2) is 231 Å². The van der Waals surface area contributed by atoms with Crippen LogP contribution in [-0.2, 0) is 6.18 Å². The van der Waals surface area contributed by atoms with Crippen molar-refractivity contribution >= 4 is 43.6 Å². The van der Waals surface area contributed by atoms with E-state index in [2.05, 4.69) is 137 Å². The van der Waals surface area contributed by atoms with Crippen molar-refractivity contribution in [2.45, 2.75) is 6.18 Å². The fourth-order valence-electron chi connectivity index (χ4n) is 10.0. The van der Waals surface area contributed by atoms with Gasteiger partial charge in [-0.15, -0.1) is 0 Å². The molecule has 2 heterocycles. The van der Waals surface area contributed by atoms with E-state index in [1.165, 1.54) is 12.1 Å². The van der Waals surface area contributed by atoms with Crippen LogP contribution >= 0.6 is 0 Å². The number of nitriles is 1. The quantitative estimate of drug-likeness (QED) is 0.157. The van der Waals surface area contributed by atoms with Crippen molar-refractivity contribution in [3.05, 3.63) is 242 Å². The normalized spacial score (nSPS) is 11.7. The summed E-state index contributed by atoms with van der Waals surface area (Å²) in [4.78, 5) is 0. The molecule has 0 aliphatic carbocycles. The molecule has 12 rings (SSSR count). The minimum atomic E-state index is -4.64. The third kappa shape index (κ3) is 6.83. The molecule has 0 unspecified atom stereocenters. The monoisotopic (exact) mass is 881 g/mol. The van der Waals surface area contributed by atoms with Crippen molar-refractivity contribution in [2.75, 3.05) is 0 Å². The van der Waals surface area contributed by atoms with Crippen LogP contribution in [0.2, 0.25) is 0 Å². The van der Waals surface area contributed by atoms with Gasteiger partial charge in [0.25, 0.3) is 0 Å². The Labute approximate surface area is 390 Å². The Balaban J connectivity index is 1.20. The molecule has 0 fully saturated rings. The predicted octanol–water partition coefficient (Wildman–Crippen LogP) is 17.1. The summed E-state index contributed by atoms with van der Waals surface area (Å²) in [5.74, 6) is 0. The molecule has 0 saturated heterocycles. The van der Waals surface area contributed by atoms with Crippen molar-refractivity contribution in [2.24, 2.45) is 0 Å². The summed E-state index contributed by atoms with van der Waals surface area (Å²) >= 11 is 0. The number of fused-ring (bicyclic) bond motifs is 6. The third-order valence-electron chi connectivity index (χ3n) is 13.2. The molecule has 0 aliphatic rings. The standard InChI is InChI=1S/C62H38F3N3/c63-62(64,65)55-24-14-13-23-49(55)48-37-60(67-56-29-25-44(40-15-5-1-6-16-40)33-50(56)51-34-45(26-30-57(51)67)41-17-7-2-8-18-41)54(39-66)61(38-48)68-58-31-27-46(42-19-9-3-10-20-42)35-52(58)53-36-47(28-32-59(53)68)43-21-11-4-12-22-43/h1-38H. The van der Waals surface area contributed by atoms with Gasteiger partial charge in [-0.3, -0.25) is 0 Å². The zero-order valence-corrected chi connectivity index (χ0v) is 36.4. The average Bonchev–Trinajstić information content (AvgIpc) is 3.90. The van der Waals surface area contributed by atoms with Gasteiger partial charge in [-0.1, -0.05) is 164 Å². The molecule has 2 aromatic heterocycles. The number of alkyl halides is 3. The second-order valence-corrected chi connectivity index (χ2v) is 17.1. The number of nitrogens with zero attached hydrogens (tertiary/aromatic N) is 3. The molecule has 6 heteroatoms. The van der Waals surface area contributed by atoms with Gasteiger partial charge < -0.3 is 9.13 Å². The molecule has 10 aromatic carbocycles. The second-order valence-electron chi connectivity index (χ2n) is 17.1. The maximum absolute atomic E-state index is 15.1. The SMILES string of the molecule is N#Cc1c(-n2c3ccc(-c4ccccc4)cc3c3cc(-c4ccccc4)ccc32)cc(-c2ccccc2C(F)(F)F)cc1-n1c2ccc(-c3ccccc3)cc2c2cc(-c3ccccc3)ccc21. The summed E-state index contributed by atoms with van der Waals surface area (Å²) in [5, 5.41) is 15.4. The van der Waals surface area contributed by atoms with Gasteiger partial charge in [0.05, 0.1) is 39.0 Å². The maximum atomic E-state index is 15.1. The van der Waals surface area contributed by atoms with Gasteiger partial charge in [0.1, 0.15) is 11.6 Å². The fourth-order valence-corrected chi connectivity index (χ4v) is 10.0. The Bertz CT molecular complexity index is 3520. The number of halogens is 3. The highest BCUT2D eigenvalue weighted by Gasteiger charge is 2.34. The van der Waals surface area contributed by atoms with Crippen molar-refractivity contribution in [3.8, 4) is 73.1 Å².